The lowest BCUT2D eigenvalue weighted by Gasteiger charge is -2.22. The minimum absolute atomic E-state index is 0.108. The molecule has 0 amide bonds. The Balaban J connectivity index is 1.90. The average molecular weight is 493 g/mol. The second-order valence-corrected chi connectivity index (χ2v) is 9.13. The van der Waals surface area contributed by atoms with Crippen LogP contribution in [0.4, 0.5) is 11.4 Å². The van der Waals surface area contributed by atoms with Crippen molar-refractivity contribution in [3.05, 3.63) is 95.0 Å². The molecule has 1 aliphatic rings. The molecule has 4 rings (SSSR count). The Morgan fingerprint density at radius 1 is 1.26 bits per heavy atom. The highest BCUT2D eigenvalue weighted by Crippen LogP contribution is 2.33. The first-order valence-electron chi connectivity index (χ1n) is 10.9. The van der Waals surface area contributed by atoms with Gasteiger partial charge in [-0.25, -0.2) is 9.79 Å². The molecule has 3 aromatic rings. The number of thiazole rings is 1. The van der Waals surface area contributed by atoms with Gasteiger partial charge in [0.05, 0.1) is 21.6 Å². The second kappa shape index (κ2) is 9.67. The van der Waals surface area contributed by atoms with E-state index in [2.05, 4.69) is 4.99 Å². The Labute approximate surface area is 205 Å². The number of hydrogen-bond acceptors (Lipinski definition) is 8. The molecule has 0 bridgehead atoms. The summed E-state index contributed by atoms with van der Waals surface area (Å²) < 4.78 is 7.12. The number of non-ortho nitro benzene ring substituents is 1. The number of nitrogens with zero attached hydrogens (tertiary/aromatic N) is 4. The van der Waals surface area contributed by atoms with E-state index in [-0.39, 0.29) is 23.4 Å². The minimum atomic E-state index is -0.834. The molecular weight excluding hydrogens is 468 g/mol. The summed E-state index contributed by atoms with van der Waals surface area (Å²) >= 11 is 1.20. The van der Waals surface area contributed by atoms with Crippen LogP contribution < -0.4 is 19.8 Å². The van der Waals surface area contributed by atoms with E-state index >= 15 is 0 Å². The highest BCUT2D eigenvalue weighted by molar-refractivity contribution is 7.07. The fraction of sp³-hybridized carbons (Fsp3) is 0.240. The SMILES string of the molecule is CCOC(=O)C1=C(C)n2c(s/c(=C\c3ccc(N(C)C)cc3)c2=O)=N[C@@H]1c1cccc([N+](=O)[O-])c1. The lowest BCUT2D eigenvalue weighted by atomic mass is 9.96. The van der Waals surface area contributed by atoms with Crippen molar-refractivity contribution in [2.24, 2.45) is 4.99 Å². The number of allylic oxidation sites excluding steroid dienone is 1. The van der Waals surface area contributed by atoms with E-state index in [4.69, 9.17) is 4.74 Å². The van der Waals surface area contributed by atoms with Crippen LogP contribution in [0.1, 0.15) is 31.0 Å². The fourth-order valence-electron chi connectivity index (χ4n) is 3.89. The summed E-state index contributed by atoms with van der Waals surface area (Å²) in [7, 11) is 3.90. The topological polar surface area (TPSA) is 107 Å². The van der Waals surface area contributed by atoms with Crippen molar-refractivity contribution < 1.29 is 14.5 Å². The average Bonchev–Trinajstić information content (AvgIpc) is 3.14. The van der Waals surface area contributed by atoms with Crippen LogP contribution >= 0.6 is 11.3 Å². The summed E-state index contributed by atoms with van der Waals surface area (Å²) in [6.07, 6.45) is 1.78. The van der Waals surface area contributed by atoms with E-state index in [1.807, 2.05) is 43.3 Å². The Kier molecular flexibility index (Phi) is 6.65. The fourth-order valence-corrected chi connectivity index (χ4v) is 4.93. The number of fused-ring (bicyclic) bond motifs is 1. The Bertz CT molecular complexity index is 1520. The monoisotopic (exact) mass is 492 g/mol. The summed E-state index contributed by atoms with van der Waals surface area (Å²) in [4.78, 5) is 44.1. The molecule has 9 nitrogen and oxygen atoms in total. The van der Waals surface area contributed by atoms with Gasteiger partial charge >= 0.3 is 5.97 Å². The summed E-state index contributed by atoms with van der Waals surface area (Å²) in [5.74, 6) is -0.612. The smallest absolute Gasteiger partial charge is 0.338 e. The Morgan fingerprint density at radius 3 is 2.60 bits per heavy atom. The molecule has 0 spiro atoms. The molecule has 0 unspecified atom stereocenters. The quantitative estimate of drug-likeness (QED) is 0.298. The van der Waals surface area contributed by atoms with Crippen molar-refractivity contribution in [1.82, 2.24) is 4.57 Å². The van der Waals surface area contributed by atoms with Gasteiger partial charge in [-0.3, -0.25) is 19.5 Å². The third-order valence-corrected chi connectivity index (χ3v) is 6.63. The lowest BCUT2D eigenvalue weighted by molar-refractivity contribution is -0.384. The summed E-state index contributed by atoms with van der Waals surface area (Å²) in [6, 6.07) is 12.9. The molecule has 2 aromatic carbocycles. The van der Waals surface area contributed by atoms with Crippen molar-refractivity contribution in [3.63, 3.8) is 0 Å². The van der Waals surface area contributed by atoms with Gasteiger partial charge < -0.3 is 9.64 Å². The molecule has 0 fully saturated rings. The molecule has 0 aliphatic carbocycles. The van der Waals surface area contributed by atoms with Gasteiger partial charge in [0.15, 0.2) is 4.80 Å². The maximum atomic E-state index is 13.3. The first-order valence-corrected chi connectivity index (χ1v) is 11.7. The molecule has 180 valence electrons. The predicted octanol–water partition coefficient (Wildman–Crippen LogP) is 2.88. The molecule has 1 atom stereocenters. The number of nitro groups is 1. The lowest BCUT2D eigenvalue weighted by Crippen LogP contribution is -2.35. The van der Waals surface area contributed by atoms with Gasteiger partial charge in [0.1, 0.15) is 6.04 Å². The van der Waals surface area contributed by atoms with E-state index in [1.165, 1.54) is 28.0 Å². The minimum Gasteiger partial charge on any atom is -0.463 e. The third-order valence-electron chi connectivity index (χ3n) is 5.64. The number of rotatable bonds is 6. The third kappa shape index (κ3) is 4.65. The normalized spacial score (nSPS) is 15.4. The number of carbonyl (C=O) groups is 1. The van der Waals surface area contributed by atoms with Crippen LogP contribution in [-0.2, 0) is 9.53 Å². The van der Waals surface area contributed by atoms with Crippen LogP contribution in [-0.4, -0.2) is 36.2 Å². The molecule has 0 saturated heterocycles. The molecular formula is C25H24N4O5S. The number of benzene rings is 2. The van der Waals surface area contributed by atoms with Gasteiger partial charge in [0.25, 0.3) is 11.2 Å². The predicted molar refractivity (Wildman–Crippen MR) is 135 cm³/mol. The van der Waals surface area contributed by atoms with Crippen molar-refractivity contribution in [3.8, 4) is 0 Å². The van der Waals surface area contributed by atoms with E-state index in [9.17, 15) is 19.7 Å². The van der Waals surface area contributed by atoms with Crippen molar-refractivity contribution in [1.29, 1.82) is 0 Å². The zero-order valence-electron chi connectivity index (χ0n) is 19.7. The van der Waals surface area contributed by atoms with E-state index < -0.39 is 16.9 Å². The molecule has 0 radical (unpaired) electrons. The molecule has 2 heterocycles. The van der Waals surface area contributed by atoms with E-state index in [0.29, 0.717) is 20.6 Å². The zero-order valence-corrected chi connectivity index (χ0v) is 20.5. The summed E-state index contributed by atoms with van der Waals surface area (Å²) in [6.45, 7) is 3.50. The molecule has 1 aromatic heterocycles. The van der Waals surface area contributed by atoms with Crippen LogP contribution in [0.5, 0.6) is 0 Å². The maximum Gasteiger partial charge on any atom is 0.338 e. The van der Waals surface area contributed by atoms with Crippen LogP contribution in [0.2, 0.25) is 0 Å². The van der Waals surface area contributed by atoms with Gasteiger partial charge in [-0.15, -0.1) is 0 Å². The van der Waals surface area contributed by atoms with Gasteiger partial charge in [-0.1, -0.05) is 35.6 Å². The molecule has 0 saturated carbocycles. The number of hydrogen-bond donors (Lipinski definition) is 0. The van der Waals surface area contributed by atoms with Crippen molar-refractivity contribution in [2.75, 3.05) is 25.6 Å². The number of nitro benzene ring substituents is 1. The highest BCUT2D eigenvalue weighted by atomic mass is 32.1. The molecule has 1 aliphatic heterocycles. The number of carbonyl (C=O) groups excluding carboxylic acids is 1. The first-order chi connectivity index (χ1) is 16.7. The number of esters is 1. The first kappa shape index (κ1) is 24.1. The largest absolute Gasteiger partial charge is 0.463 e. The second-order valence-electron chi connectivity index (χ2n) is 8.12. The van der Waals surface area contributed by atoms with Crippen LogP contribution in [0.15, 0.2) is 63.9 Å². The zero-order chi connectivity index (χ0) is 25.3. The molecule has 10 heteroatoms. The van der Waals surface area contributed by atoms with Gasteiger partial charge in [0.2, 0.25) is 0 Å². The summed E-state index contributed by atoms with van der Waals surface area (Å²) in [5.41, 5.74) is 2.55. The van der Waals surface area contributed by atoms with Crippen molar-refractivity contribution in [2.45, 2.75) is 19.9 Å². The van der Waals surface area contributed by atoms with Crippen LogP contribution in [0.3, 0.4) is 0 Å². The van der Waals surface area contributed by atoms with E-state index in [1.54, 1.807) is 32.1 Å². The number of aromatic nitrogens is 1. The number of ether oxygens (including phenoxy) is 1. The molecule has 0 N–H and O–H groups in total. The van der Waals surface area contributed by atoms with Gasteiger partial charge in [-0.05, 0) is 43.2 Å². The molecule has 35 heavy (non-hydrogen) atoms. The standard InChI is InChI=1S/C25H24N4O5S/c1-5-34-24(31)21-15(2)28-23(30)20(13-16-9-11-18(12-10-16)27(3)4)35-25(28)26-22(21)17-7-6-8-19(14-17)29(32)33/h6-14,22H,5H2,1-4H3/b20-13-/t22-/m1/s1. The maximum absolute atomic E-state index is 13.3. The summed E-state index contributed by atoms with van der Waals surface area (Å²) in [5, 5.41) is 11.3. The van der Waals surface area contributed by atoms with Gasteiger partial charge in [0, 0.05) is 37.6 Å². The van der Waals surface area contributed by atoms with Gasteiger partial charge in [-0.2, -0.15) is 0 Å². The Morgan fingerprint density at radius 2 is 1.97 bits per heavy atom. The van der Waals surface area contributed by atoms with Crippen molar-refractivity contribution >= 4 is 40.5 Å². The van der Waals surface area contributed by atoms with Crippen LogP contribution in [0.25, 0.3) is 11.8 Å². The van der Waals surface area contributed by atoms with Crippen LogP contribution in [0, 0.1) is 10.1 Å². The number of anilines is 1. The van der Waals surface area contributed by atoms with E-state index in [0.717, 1.165) is 11.3 Å². The Hall–Kier alpha value is -4.05. The highest BCUT2D eigenvalue weighted by Gasteiger charge is 2.32.